The zero-order valence-electron chi connectivity index (χ0n) is 24.4. The summed E-state index contributed by atoms with van der Waals surface area (Å²) in [4.78, 5) is 27.3. The van der Waals surface area contributed by atoms with Crippen molar-refractivity contribution >= 4 is 11.6 Å². The van der Waals surface area contributed by atoms with Crippen molar-refractivity contribution in [2.75, 3.05) is 6.61 Å². The number of Topliss-reactive ketones (excluding diaryl/α,β-unsaturated/α-hetero) is 2. The van der Waals surface area contributed by atoms with Gasteiger partial charge in [-0.1, -0.05) is 63.1 Å². The van der Waals surface area contributed by atoms with Crippen molar-refractivity contribution in [1.82, 2.24) is 5.32 Å². The van der Waals surface area contributed by atoms with Crippen molar-refractivity contribution in [1.29, 1.82) is 0 Å². The fourth-order valence-corrected chi connectivity index (χ4v) is 6.63. The molecule has 1 heterocycles. The highest BCUT2D eigenvalue weighted by atomic mass is 16.5. The molecule has 0 amide bonds. The van der Waals surface area contributed by atoms with Crippen LogP contribution in [0.2, 0.25) is 0 Å². The molecule has 5 nitrogen and oxygen atoms in total. The first-order chi connectivity index (χ1) is 18.4. The van der Waals surface area contributed by atoms with Gasteiger partial charge in [0.15, 0.2) is 23.1 Å². The topological polar surface area (TPSA) is 64.6 Å². The van der Waals surface area contributed by atoms with Crippen LogP contribution in [0, 0.1) is 24.7 Å². The Morgan fingerprint density at radius 3 is 1.87 bits per heavy atom. The van der Waals surface area contributed by atoms with Crippen LogP contribution < -0.4 is 14.8 Å². The minimum atomic E-state index is -0.392. The summed E-state index contributed by atoms with van der Waals surface area (Å²) in [7, 11) is 0. The quantitative estimate of drug-likeness (QED) is 0.428. The molecule has 0 spiro atoms. The number of nitrogens with one attached hydrogen (secondary N) is 1. The van der Waals surface area contributed by atoms with E-state index in [1.54, 1.807) is 0 Å². The zero-order chi connectivity index (χ0) is 28.1. The maximum Gasteiger partial charge on any atom is 0.162 e. The molecule has 39 heavy (non-hydrogen) atoms. The third kappa shape index (κ3) is 5.54. The first kappa shape index (κ1) is 27.2. The number of allylic oxidation sites excluding steroid dienone is 4. The third-order valence-corrected chi connectivity index (χ3v) is 8.00. The second-order valence-electron chi connectivity index (χ2n) is 13.1. The van der Waals surface area contributed by atoms with Gasteiger partial charge in [-0.2, -0.15) is 0 Å². The number of aryl methyl sites for hydroxylation is 2. The Balaban J connectivity index is 1.56. The zero-order valence-corrected chi connectivity index (χ0v) is 24.4. The summed E-state index contributed by atoms with van der Waals surface area (Å²) < 4.78 is 12.3. The summed E-state index contributed by atoms with van der Waals surface area (Å²) in [5, 5.41) is 3.59. The van der Waals surface area contributed by atoms with Gasteiger partial charge in [-0.15, -0.1) is 0 Å². The maximum atomic E-state index is 13.6. The summed E-state index contributed by atoms with van der Waals surface area (Å²) in [6, 6.07) is 12.3. The van der Waals surface area contributed by atoms with E-state index in [0.29, 0.717) is 37.6 Å². The van der Waals surface area contributed by atoms with E-state index in [9.17, 15) is 9.59 Å². The van der Waals surface area contributed by atoms with Gasteiger partial charge in [-0.25, -0.2) is 0 Å². The number of benzene rings is 2. The molecule has 2 aromatic rings. The fraction of sp³-hybridized carbons (Fsp3) is 0.471. The van der Waals surface area contributed by atoms with Gasteiger partial charge in [0.05, 0.1) is 6.61 Å². The van der Waals surface area contributed by atoms with Crippen LogP contribution in [0.5, 0.6) is 11.5 Å². The van der Waals surface area contributed by atoms with E-state index >= 15 is 0 Å². The molecular weight excluding hydrogens is 486 g/mol. The minimum Gasteiger partial charge on any atom is -0.490 e. The maximum absolute atomic E-state index is 13.6. The van der Waals surface area contributed by atoms with E-state index in [0.717, 1.165) is 46.5 Å². The lowest BCUT2D eigenvalue weighted by Gasteiger charge is -2.44. The van der Waals surface area contributed by atoms with E-state index in [1.165, 1.54) is 11.1 Å². The van der Waals surface area contributed by atoms with Crippen molar-refractivity contribution in [3.05, 3.63) is 81.2 Å². The summed E-state index contributed by atoms with van der Waals surface area (Å²) >= 11 is 0. The number of ketones is 2. The molecule has 0 saturated heterocycles. The molecular formula is C34H41NO4. The van der Waals surface area contributed by atoms with Gasteiger partial charge in [0, 0.05) is 41.3 Å². The predicted octanol–water partition coefficient (Wildman–Crippen LogP) is 7.25. The first-order valence-corrected chi connectivity index (χ1v) is 14.1. The normalized spacial score (nSPS) is 20.4. The molecule has 5 heteroatoms. The van der Waals surface area contributed by atoms with Gasteiger partial charge >= 0.3 is 0 Å². The molecule has 3 aliphatic rings. The summed E-state index contributed by atoms with van der Waals surface area (Å²) in [5.74, 6) is 1.14. The van der Waals surface area contributed by atoms with E-state index < -0.39 is 5.92 Å². The van der Waals surface area contributed by atoms with Gasteiger partial charge in [-0.3, -0.25) is 9.59 Å². The molecule has 0 aromatic heterocycles. The van der Waals surface area contributed by atoms with Crippen LogP contribution in [-0.4, -0.2) is 18.2 Å². The number of hydrogen-bond acceptors (Lipinski definition) is 5. The van der Waals surface area contributed by atoms with Gasteiger partial charge in [0.1, 0.15) is 6.61 Å². The van der Waals surface area contributed by atoms with Crippen LogP contribution in [0.1, 0.15) is 88.5 Å². The van der Waals surface area contributed by atoms with Crippen molar-refractivity contribution in [3.8, 4) is 11.5 Å². The van der Waals surface area contributed by atoms with Crippen LogP contribution >= 0.6 is 0 Å². The molecule has 2 aromatic carbocycles. The summed E-state index contributed by atoms with van der Waals surface area (Å²) in [6.45, 7) is 15.6. The Morgan fingerprint density at radius 1 is 0.769 bits per heavy atom. The lowest BCUT2D eigenvalue weighted by atomic mass is 9.64. The SMILES string of the molecule is CCOc1cc(C2C3=C(CC(C)(C)CC3=O)NC3=C2C(=O)CC(C)(C)C3)ccc1OCc1cc(C)cc(C)c1. The van der Waals surface area contributed by atoms with E-state index in [4.69, 9.17) is 9.47 Å². The Labute approximate surface area is 232 Å². The van der Waals surface area contributed by atoms with Crippen molar-refractivity contribution in [3.63, 3.8) is 0 Å². The Morgan fingerprint density at radius 2 is 1.33 bits per heavy atom. The van der Waals surface area contributed by atoms with E-state index in [1.807, 2.05) is 25.1 Å². The monoisotopic (exact) mass is 527 g/mol. The predicted molar refractivity (Wildman–Crippen MR) is 154 cm³/mol. The average molecular weight is 528 g/mol. The van der Waals surface area contributed by atoms with Gasteiger partial charge in [-0.05, 0) is 67.7 Å². The van der Waals surface area contributed by atoms with Crippen LogP contribution in [0.25, 0.3) is 0 Å². The Bertz CT molecular complexity index is 1340. The van der Waals surface area contributed by atoms with Crippen LogP contribution in [-0.2, 0) is 16.2 Å². The van der Waals surface area contributed by atoms with Gasteiger partial charge in [0.25, 0.3) is 0 Å². The van der Waals surface area contributed by atoms with E-state index in [2.05, 4.69) is 65.1 Å². The smallest absolute Gasteiger partial charge is 0.162 e. The summed E-state index contributed by atoms with van der Waals surface area (Å²) in [5.41, 5.74) is 7.59. The number of carbonyl (C=O) groups excluding carboxylic acids is 2. The number of carbonyl (C=O) groups is 2. The lowest BCUT2D eigenvalue weighted by Crippen LogP contribution is -2.42. The van der Waals surface area contributed by atoms with Crippen LogP contribution in [0.3, 0.4) is 0 Å². The molecule has 0 saturated carbocycles. The average Bonchev–Trinajstić information content (AvgIpc) is 2.80. The first-order valence-electron chi connectivity index (χ1n) is 14.1. The highest BCUT2D eigenvalue weighted by molar-refractivity contribution is 6.06. The molecule has 1 N–H and O–H groups in total. The second-order valence-corrected chi connectivity index (χ2v) is 13.1. The second kappa shape index (κ2) is 10.0. The molecule has 206 valence electrons. The van der Waals surface area contributed by atoms with Gasteiger partial charge < -0.3 is 14.8 Å². The fourth-order valence-electron chi connectivity index (χ4n) is 6.63. The van der Waals surface area contributed by atoms with Crippen LogP contribution in [0.15, 0.2) is 58.9 Å². The highest BCUT2D eigenvalue weighted by Crippen LogP contribution is 2.51. The third-order valence-electron chi connectivity index (χ3n) is 8.00. The largest absolute Gasteiger partial charge is 0.490 e. The number of rotatable bonds is 6. The van der Waals surface area contributed by atoms with Crippen molar-refractivity contribution < 1.29 is 19.1 Å². The van der Waals surface area contributed by atoms with E-state index in [-0.39, 0.29) is 22.4 Å². The Kier molecular flexibility index (Phi) is 6.98. The molecule has 5 rings (SSSR count). The lowest BCUT2D eigenvalue weighted by molar-refractivity contribution is -0.119. The number of ether oxygens (including phenoxy) is 2. The summed E-state index contributed by atoms with van der Waals surface area (Å²) in [6.07, 6.45) is 2.51. The highest BCUT2D eigenvalue weighted by Gasteiger charge is 2.46. The molecule has 0 unspecified atom stereocenters. The molecule has 0 fully saturated rings. The minimum absolute atomic E-state index is 0.121. The standard InChI is InChI=1S/C34H41NO4/c1-8-38-29-14-23(9-10-28(29)39-19-22-12-20(2)11-21(3)13-22)30-31-24(15-33(4,5)17-26(31)36)35-25-16-34(6,7)18-27(37)32(25)30/h9-14,30,35H,8,15-19H2,1-7H3. The Hall–Kier alpha value is -3.34. The van der Waals surface area contributed by atoms with Crippen LogP contribution in [0.4, 0.5) is 0 Å². The van der Waals surface area contributed by atoms with Crippen molar-refractivity contribution in [2.24, 2.45) is 10.8 Å². The van der Waals surface area contributed by atoms with Crippen molar-refractivity contribution in [2.45, 2.75) is 86.7 Å². The number of hydrogen-bond donors (Lipinski definition) is 1. The molecule has 0 radical (unpaired) electrons. The number of dihydropyridines is 1. The van der Waals surface area contributed by atoms with Gasteiger partial charge in [0.2, 0.25) is 0 Å². The molecule has 2 aliphatic carbocycles. The molecule has 0 atom stereocenters. The molecule has 1 aliphatic heterocycles. The molecule has 0 bridgehead atoms.